The van der Waals surface area contributed by atoms with E-state index in [1.54, 1.807) is 18.2 Å². The Morgan fingerprint density at radius 3 is 2.69 bits per heavy atom. The third-order valence-corrected chi connectivity index (χ3v) is 4.11. The molecule has 0 aliphatic heterocycles. The average molecular weight is 347 g/mol. The molecule has 0 saturated heterocycles. The molecule has 0 fully saturated rings. The summed E-state index contributed by atoms with van der Waals surface area (Å²) in [5.41, 5.74) is 3.79. The van der Waals surface area contributed by atoms with Gasteiger partial charge in [-0.3, -0.25) is 0 Å². The molecule has 0 radical (unpaired) electrons. The lowest BCUT2D eigenvalue weighted by Crippen LogP contribution is -2.09. The van der Waals surface area contributed by atoms with E-state index in [2.05, 4.69) is 9.97 Å². The Morgan fingerprint density at radius 1 is 1.23 bits per heavy atom. The zero-order chi connectivity index (χ0) is 18.7. The van der Waals surface area contributed by atoms with Gasteiger partial charge in [0, 0.05) is 0 Å². The molecule has 3 aromatic rings. The molecule has 3 rings (SSSR count). The van der Waals surface area contributed by atoms with E-state index in [0.29, 0.717) is 11.1 Å². The highest BCUT2D eigenvalue weighted by atomic mass is 16.5. The molecule has 6 nitrogen and oxygen atoms in total. The standard InChI is InChI=1S/C20H17N3O3/c1-12-7-8-14(9-13(12)2)20(25)26-11-18(24)15(10-21)19-22-16-5-3-4-6-17(16)23-19/h3-9,24H,11H2,1-2H3,(H,22,23). The highest BCUT2D eigenvalue weighted by molar-refractivity contribution is 5.90. The van der Waals surface area contributed by atoms with Gasteiger partial charge in [0.05, 0.1) is 16.6 Å². The average Bonchev–Trinajstić information content (AvgIpc) is 3.06. The Bertz CT molecular complexity index is 1020. The summed E-state index contributed by atoms with van der Waals surface area (Å²) >= 11 is 0. The number of carbonyl (C=O) groups is 1. The van der Waals surface area contributed by atoms with Crippen molar-refractivity contribution in [2.24, 2.45) is 0 Å². The molecule has 2 N–H and O–H groups in total. The van der Waals surface area contributed by atoms with Gasteiger partial charge < -0.3 is 14.8 Å². The van der Waals surface area contributed by atoms with Gasteiger partial charge in [0.2, 0.25) is 0 Å². The predicted molar refractivity (Wildman–Crippen MR) is 97.5 cm³/mol. The van der Waals surface area contributed by atoms with Gasteiger partial charge in [-0.05, 0) is 49.2 Å². The minimum absolute atomic E-state index is 0.0610. The Morgan fingerprint density at radius 2 is 2.00 bits per heavy atom. The van der Waals surface area contributed by atoms with E-state index in [-0.39, 0.29) is 17.2 Å². The number of fused-ring (bicyclic) bond motifs is 1. The molecule has 2 aromatic carbocycles. The number of hydrogen-bond donors (Lipinski definition) is 2. The molecule has 0 aliphatic rings. The molecule has 0 spiro atoms. The topological polar surface area (TPSA) is 99.0 Å². The normalized spacial score (nSPS) is 11.7. The number of aliphatic hydroxyl groups is 1. The molecular formula is C20H17N3O3. The molecule has 0 bridgehead atoms. The molecule has 1 aromatic heterocycles. The number of allylic oxidation sites excluding steroid dienone is 1. The summed E-state index contributed by atoms with van der Waals surface area (Å²) in [7, 11) is 0. The fraction of sp³-hybridized carbons (Fsp3) is 0.150. The maximum Gasteiger partial charge on any atom is 0.338 e. The number of H-pyrrole nitrogens is 1. The third kappa shape index (κ3) is 3.42. The largest absolute Gasteiger partial charge is 0.507 e. The molecule has 0 atom stereocenters. The van der Waals surface area contributed by atoms with Crippen LogP contribution in [0.15, 0.2) is 48.2 Å². The molecule has 6 heteroatoms. The van der Waals surface area contributed by atoms with Gasteiger partial charge in [0.15, 0.2) is 11.6 Å². The summed E-state index contributed by atoms with van der Waals surface area (Å²) in [5.74, 6) is -0.696. The molecule has 0 saturated carbocycles. The van der Waals surface area contributed by atoms with E-state index < -0.39 is 12.6 Å². The molecular weight excluding hydrogens is 330 g/mol. The van der Waals surface area contributed by atoms with Crippen molar-refractivity contribution in [1.82, 2.24) is 9.97 Å². The number of nitrogens with zero attached hydrogens (tertiary/aromatic N) is 2. The number of imidazole rings is 1. The van der Waals surface area contributed by atoms with Crippen LogP contribution in [0.2, 0.25) is 0 Å². The number of nitrogens with one attached hydrogen (secondary N) is 1. The number of ether oxygens (including phenoxy) is 1. The quantitative estimate of drug-likeness (QED) is 0.424. The number of rotatable bonds is 4. The first kappa shape index (κ1) is 17.2. The number of aromatic amines is 1. The fourth-order valence-electron chi connectivity index (χ4n) is 2.48. The van der Waals surface area contributed by atoms with Crippen LogP contribution >= 0.6 is 0 Å². The van der Waals surface area contributed by atoms with Crippen LogP contribution in [0.5, 0.6) is 0 Å². The van der Waals surface area contributed by atoms with Crippen molar-refractivity contribution in [3.8, 4) is 6.07 Å². The van der Waals surface area contributed by atoms with Crippen LogP contribution in [-0.4, -0.2) is 27.7 Å². The van der Waals surface area contributed by atoms with Crippen LogP contribution in [-0.2, 0) is 4.74 Å². The molecule has 0 aliphatic carbocycles. The summed E-state index contributed by atoms with van der Waals surface area (Å²) in [6, 6.07) is 14.4. The lowest BCUT2D eigenvalue weighted by Gasteiger charge is -2.07. The molecule has 26 heavy (non-hydrogen) atoms. The van der Waals surface area contributed by atoms with Crippen molar-refractivity contribution >= 4 is 22.6 Å². The maximum absolute atomic E-state index is 12.1. The summed E-state index contributed by atoms with van der Waals surface area (Å²) < 4.78 is 5.12. The van der Waals surface area contributed by atoms with E-state index in [9.17, 15) is 15.2 Å². The minimum Gasteiger partial charge on any atom is -0.507 e. The van der Waals surface area contributed by atoms with Crippen LogP contribution in [0, 0.1) is 25.2 Å². The second-order valence-corrected chi connectivity index (χ2v) is 5.91. The smallest absolute Gasteiger partial charge is 0.338 e. The summed E-state index contributed by atoms with van der Waals surface area (Å²) in [4.78, 5) is 19.4. The van der Waals surface area contributed by atoms with Crippen LogP contribution in [0.1, 0.15) is 27.3 Å². The van der Waals surface area contributed by atoms with E-state index in [0.717, 1.165) is 16.6 Å². The summed E-state index contributed by atoms with van der Waals surface area (Å²) in [5, 5.41) is 19.6. The number of nitriles is 1. The highest BCUT2D eigenvalue weighted by Gasteiger charge is 2.15. The first-order valence-corrected chi connectivity index (χ1v) is 8.01. The zero-order valence-electron chi connectivity index (χ0n) is 14.4. The van der Waals surface area contributed by atoms with Crippen molar-refractivity contribution in [2.75, 3.05) is 6.61 Å². The Kier molecular flexibility index (Phi) is 4.72. The van der Waals surface area contributed by atoms with Crippen LogP contribution in [0.4, 0.5) is 0 Å². The predicted octanol–water partition coefficient (Wildman–Crippen LogP) is 3.83. The summed E-state index contributed by atoms with van der Waals surface area (Å²) in [6.07, 6.45) is 0. The van der Waals surface area contributed by atoms with Crippen molar-refractivity contribution in [1.29, 1.82) is 5.26 Å². The first-order chi connectivity index (χ1) is 12.5. The Labute approximate surface area is 150 Å². The molecule has 0 unspecified atom stereocenters. The van der Waals surface area contributed by atoms with Crippen LogP contribution < -0.4 is 0 Å². The number of hydrogen-bond acceptors (Lipinski definition) is 5. The number of aryl methyl sites for hydroxylation is 2. The van der Waals surface area contributed by atoms with Crippen molar-refractivity contribution in [3.63, 3.8) is 0 Å². The van der Waals surface area contributed by atoms with Gasteiger partial charge in [-0.25, -0.2) is 9.78 Å². The van der Waals surface area contributed by atoms with Crippen molar-refractivity contribution in [2.45, 2.75) is 13.8 Å². The van der Waals surface area contributed by atoms with Gasteiger partial charge in [-0.15, -0.1) is 0 Å². The zero-order valence-corrected chi connectivity index (χ0v) is 14.4. The summed E-state index contributed by atoms with van der Waals surface area (Å²) in [6.45, 7) is 3.44. The van der Waals surface area contributed by atoms with Crippen molar-refractivity contribution in [3.05, 3.63) is 70.7 Å². The van der Waals surface area contributed by atoms with Crippen molar-refractivity contribution < 1.29 is 14.6 Å². The van der Waals surface area contributed by atoms with E-state index in [4.69, 9.17) is 4.74 Å². The number of aliphatic hydroxyl groups excluding tert-OH is 1. The van der Waals surface area contributed by atoms with E-state index >= 15 is 0 Å². The maximum atomic E-state index is 12.1. The first-order valence-electron chi connectivity index (χ1n) is 8.01. The number of benzene rings is 2. The third-order valence-electron chi connectivity index (χ3n) is 4.11. The Balaban J connectivity index is 1.79. The fourth-order valence-corrected chi connectivity index (χ4v) is 2.48. The SMILES string of the molecule is Cc1ccc(C(=O)OCC(O)=C(C#N)c2nc3ccccc3[nH]2)cc1C. The Hall–Kier alpha value is -3.59. The van der Waals surface area contributed by atoms with Gasteiger partial charge >= 0.3 is 5.97 Å². The number of aromatic nitrogens is 2. The lowest BCUT2D eigenvalue weighted by molar-refractivity contribution is 0.0502. The second kappa shape index (κ2) is 7.11. The number of carbonyl (C=O) groups excluding carboxylic acids is 1. The van der Waals surface area contributed by atoms with E-state index in [1.807, 2.05) is 44.2 Å². The molecule has 130 valence electrons. The molecule has 0 amide bonds. The number of para-hydroxylation sites is 2. The van der Waals surface area contributed by atoms with Gasteiger partial charge in [0.1, 0.15) is 18.2 Å². The van der Waals surface area contributed by atoms with Crippen LogP contribution in [0.3, 0.4) is 0 Å². The minimum atomic E-state index is -0.568. The van der Waals surface area contributed by atoms with Crippen LogP contribution in [0.25, 0.3) is 16.6 Å². The second-order valence-electron chi connectivity index (χ2n) is 5.91. The number of esters is 1. The van der Waals surface area contributed by atoms with Gasteiger partial charge in [-0.2, -0.15) is 5.26 Å². The van der Waals surface area contributed by atoms with Gasteiger partial charge in [-0.1, -0.05) is 18.2 Å². The monoisotopic (exact) mass is 347 g/mol. The highest BCUT2D eigenvalue weighted by Crippen LogP contribution is 2.19. The lowest BCUT2D eigenvalue weighted by atomic mass is 10.1. The van der Waals surface area contributed by atoms with E-state index in [1.165, 1.54) is 0 Å². The van der Waals surface area contributed by atoms with Gasteiger partial charge in [0.25, 0.3) is 0 Å². The molecule has 1 heterocycles.